The molecule has 1 saturated carbocycles. The largest absolute Gasteiger partial charge is 0.350 e. The first kappa shape index (κ1) is 18.6. The third-order valence-electron chi connectivity index (χ3n) is 4.99. The maximum absolute atomic E-state index is 12.1. The highest BCUT2D eigenvalue weighted by Crippen LogP contribution is 2.19. The van der Waals surface area contributed by atoms with Gasteiger partial charge in [-0.2, -0.15) is 0 Å². The zero-order valence-corrected chi connectivity index (χ0v) is 15.5. The summed E-state index contributed by atoms with van der Waals surface area (Å²) < 4.78 is 0. The highest BCUT2D eigenvalue weighted by atomic mass is 16.2. The van der Waals surface area contributed by atoms with Crippen LogP contribution >= 0.6 is 0 Å². The number of likely N-dealkylation sites (tertiary alicyclic amines) is 1. The fourth-order valence-corrected chi connectivity index (χ4v) is 3.28. The summed E-state index contributed by atoms with van der Waals surface area (Å²) in [6, 6.07) is 7.98. The van der Waals surface area contributed by atoms with E-state index in [1.807, 2.05) is 12.1 Å². The highest BCUT2D eigenvalue weighted by molar-refractivity contribution is 5.95. The van der Waals surface area contributed by atoms with Gasteiger partial charge in [-0.3, -0.25) is 9.59 Å². The number of carbonyl (C=O) groups excluding carboxylic acids is 2. The lowest BCUT2D eigenvalue weighted by Gasteiger charge is -2.31. The molecule has 26 heavy (non-hydrogen) atoms. The van der Waals surface area contributed by atoms with E-state index in [9.17, 15) is 9.59 Å². The van der Waals surface area contributed by atoms with Crippen LogP contribution in [0.15, 0.2) is 30.3 Å². The molecule has 2 amide bonds. The molecule has 1 heterocycles. The van der Waals surface area contributed by atoms with Gasteiger partial charge in [-0.15, -0.1) is 0 Å². The molecule has 5 heteroatoms. The Balaban J connectivity index is 1.43. The number of rotatable bonds is 7. The first-order valence-corrected chi connectivity index (χ1v) is 9.76. The van der Waals surface area contributed by atoms with Gasteiger partial charge in [0.15, 0.2) is 0 Å². The van der Waals surface area contributed by atoms with Gasteiger partial charge >= 0.3 is 0 Å². The van der Waals surface area contributed by atoms with Crippen LogP contribution in [0, 0.1) is 0 Å². The van der Waals surface area contributed by atoms with Crippen molar-refractivity contribution in [3.05, 3.63) is 41.5 Å². The number of hydrogen-bond donors (Lipinski definition) is 2. The van der Waals surface area contributed by atoms with Crippen molar-refractivity contribution < 1.29 is 9.59 Å². The van der Waals surface area contributed by atoms with Gasteiger partial charge in [0, 0.05) is 36.8 Å². The Morgan fingerprint density at radius 2 is 1.69 bits per heavy atom. The van der Waals surface area contributed by atoms with Crippen LogP contribution < -0.4 is 10.6 Å². The standard InChI is InChI=1S/C21H29N3O2/c1-2-13-24-14-11-19(12-15-24)22-20(25)10-5-16-3-6-17(7-4-16)21(26)23-18-8-9-18/h3-7,10,18-19H,2,8-9,11-15H2,1H3,(H,22,25)(H,23,26)/b10-5+. The van der Waals surface area contributed by atoms with Gasteiger partial charge in [0.1, 0.15) is 0 Å². The van der Waals surface area contributed by atoms with Crippen LogP contribution in [0.5, 0.6) is 0 Å². The Morgan fingerprint density at radius 3 is 2.31 bits per heavy atom. The molecule has 3 rings (SSSR count). The summed E-state index contributed by atoms with van der Waals surface area (Å²) >= 11 is 0. The smallest absolute Gasteiger partial charge is 0.251 e. The van der Waals surface area contributed by atoms with Gasteiger partial charge in [-0.1, -0.05) is 19.1 Å². The van der Waals surface area contributed by atoms with Gasteiger partial charge in [-0.05, 0) is 62.4 Å². The molecule has 0 bridgehead atoms. The fourth-order valence-electron chi connectivity index (χ4n) is 3.28. The van der Waals surface area contributed by atoms with Crippen LogP contribution in [-0.4, -0.2) is 48.4 Å². The molecule has 2 fully saturated rings. The minimum atomic E-state index is -0.0468. The Kier molecular flexibility index (Phi) is 6.45. The van der Waals surface area contributed by atoms with E-state index < -0.39 is 0 Å². The molecule has 0 aromatic heterocycles. The summed E-state index contributed by atoms with van der Waals surface area (Å²) in [5.74, 6) is -0.0651. The van der Waals surface area contributed by atoms with Crippen molar-refractivity contribution in [3.63, 3.8) is 0 Å². The van der Waals surface area contributed by atoms with E-state index in [4.69, 9.17) is 0 Å². The monoisotopic (exact) mass is 355 g/mol. The van der Waals surface area contributed by atoms with Crippen molar-refractivity contribution >= 4 is 17.9 Å². The molecule has 2 N–H and O–H groups in total. The molecule has 0 unspecified atom stereocenters. The van der Waals surface area contributed by atoms with Crippen molar-refractivity contribution in [1.82, 2.24) is 15.5 Å². The summed E-state index contributed by atoms with van der Waals surface area (Å²) in [4.78, 5) is 26.5. The van der Waals surface area contributed by atoms with E-state index in [0.717, 1.165) is 50.9 Å². The normalized spacial score (nSPS) is 18.8. The summed E-state index contributed by atoms with van der Waals surface area (Å²) in [6.07, 6.45) is 8.76. The van der Waals surface area contributed by atoms with Gasteiger partial charge in [0.05, 0.1) is 0 Å². The van der Waals surface area contributed by atoms with Crippen LogP contribution in [0.25, 0.3) is 6.08 Å². The van der Waals surface area contributed by atoms with E-state index in [0.29, 0.717) is 11.6 Å². The van der Waals surface area contributed by atoms with Gasteiger partial charge in [-0.25, -0.2) is 0 Å². The molecule has 0 spiro atoms. The lowest BCUT2D eigenvalue weighted by molar-refractivity contribution is -0.117. The lowest BCUT2D eigenvalue weighted by Crippen LogP contribution is -2.44. The van der Waals surface area contributed by atoms with Gasteiger partial charge in [0.25, 0.3) is 5.91 Å². The first-order valence-electron chi connectivity index (χ1n) is 9.76. The van der Waals surface area contributed by atoms with E-state index in [1.165, 1.54) is 6.42 Å². The topological polar surface area (TPSA) is 61.4 Å². The molecule has 2 aliphatic rings. The molecule has 1 aliphatic heterocycles. The zero-order valence-electron chi connectivity index (χ0n) is 15.5. The number of nitrogens with zero attached hydrogens (tertiary/aromatic N) is 1. The maximum Gasteiger partial charge on any atom is 0.251 e. The molecule has 140 valence electrons. The molecule has 1 aromatic rings. The van der Waals surface area contributed by atoms with Crippen LogP contribution in [0.1, 0.15) is 54.9 Å². The summed E-state index contributed by atoms with van der Waals surface area (Å²) in [5, 5.41) is 6.07. The van der Waals surface area contributed by atoms with Crippen molar-refractivity contribution in [1.29, 1.82) is 0 Å². The van der Waals surface area contributed by atoms with E-state index in [-0.39, 0.29) is 17.9 Å². The average molecular weight is 355 g/mol. The Bertz CT molecular complexity index is 642. The summed E-state index contributed by atoms with van der Waals surface area (Å²) in [5.41, 5.74) is 1.58. The highest BCUT2D eigenvalue weighted by Gasteiger charge is 2.23. The minimum Gasteiger partial charge on any atom is -0.350 e. The van der Waals surface area contributed by atoms with Crippen LogP contribution in [0.4, 0.5) is 0 Å². The number of carbonyl (C=O) groups is 2. The SMILES string of the molecule is CCCN1CCC(NC(=O)/C=C/c2ccc(C(=O)NC3CC3)cc2)CC1. The van der Waals surface area contributed by atoms with Crippen LogP contribution in [-0.2, 0) is 4.79 Å². The fraction of sp³-hybridized carbons (Fsp3) is 0.524. The molecule has 0 atom stereocenters. The summed E-state index contributed by atoms with van der Waals surface area (Å²) in [7, 11) is 0. The quantitative estimate of drug-likeness (QED) is 0.739. The van der Waals surface area contributed by atoms with Crippen molar-refractivity contribution in [2.24, 2.45) is 0 Å². The summed E-state index contributed by atoms with van der Waals surface area (Å²) in [6.45, 7) is 5.47. The minimum absolute atomic E-state index is 0.0183. The second kappa shape index (κ2) is 8.99. The van der Waals surface area contributed by atoms with Gasteiger partial charge < -0.3 is 15.5 Å². The van der Waals surface area contributed by atoms with E-state index >= 15 is 0 Å². The second-order valence-electron chi connectivity index (χ2n) is 7.33. The number of nitrogens with one attached hydrogen (secondary N) is 2. The predicted molar refractivity (Wildman–Crippen MR) is 104 cm³/mol. The molecule has 1 saturated heterocycles. The number of benzene rings is 1. The average Bonchev–Trinajstić information content (AvgIpc) is 3.46. The number of piperidine rings is 1. The molecular formula is C21H29N3O2. The first-order chi connectivity index (χ1) is 12.6. The molecule has 1 aliphatic carbocycles. The van der Waals surface area contributed by atoms with E-state index in [2.05, 4.69) is 22.5 Å². The van der Waals surface area contributed by atoms with Gasteiger partial charge in [0.2, 0.25) is 5.91 Å². The van der Waals surface area contributed by atoms with Crippen molar-refractivity contribution in [2.45, 2.75) is 51.1 Å². The lowest BCUT2D eigenvalue weighted by atomic mass is 10.0. The Hall–Kier alpha value is -2.14. The van der Waals surface area contributed by atoms with Crippen LogP contribution in [0.3, 0.4) is 0 Å². The molecule has 5 nitrogen and oxygen atoms in total. The Labute approximate surface area is 155 Å². The Morgan fingerprint density at radius 1 is 1.04 bits per heavy atom. The second-order valence-corrected chi connectivity index (χ2v) is 7.33. The third kappa shape index (κ3) is 5.70. The maximum atomic E-state index is 12.1. The van der Waals surface area contributed by atoms with E-state index in [1.54, 1.807) is 24.3 Å². The molecule has 1 aromatic carbocycles. The zero-order chi connectivity index (χ0) is 18.4. The van der Waals surface area contributed by atoms with Crippen molar-refractivity contribution in [2.75, 3.05) is 19.6 Å². The number of hydrogen-bond acceptors (Lipinski definition) is 3. The molecular weight excluding hydrogens is 326 g/mol. The molecule has 0 radical (unpaired) electrons. The predicted octanol–water partition coefficient (Wildman–Crippen LogP) is 2.58. The third-order valence-corrected chi connectivity index (χ3v) is 4.99. The van der Waals surface area contributed by atoms with Crippen molar-refractivity contribution in [3.8, 4) is 0 Å². The number of amides is 2. The van der Waals surface area contributed by atoms with Crippen LogP contribution in [0.2, 0.25) is 0 Å².